The minimum atomic E-state index is -0.100. The maximum Gasteiger partial charge on any atom is 0.194 e. The Hall–Kier alpha value is -1.55. The van der Waals surface area contributed by atoms with Crippen molar-refractivity contribution in [1.82, 2.24) is 25.0 Å². The second kappa shape index (κ2) is 11.2. The number of benzene rings is 1. The predicted octanol–water partition coefficient (Wildman–Crippen LogP) is 2.95. The first kappa shape index (κ1) is 22.5. The molecule has 1 unspecified atom stereocenters. The first-order chi connectivity index (χ1) is 12.0. The molecule has 1 atom stereocenters. The third-order valence-corrected chi connectivity index (χ3v) is 3.86. The van der Waals surface area contributed by atoms with E-state index in [0.717, 1.165) is 18.3 Å². The quantitative estimate of drug-likeness (QED) is 0.366. The lowest BCUT2D eigenvalue weighted by atomic mass is 10.3. The van der Waals surface area contributed by atoms with E-state index in [4.69, 9.17) is 16.3 Å². The number of ether oxygens (including phenoxy) is 1. The van der Waals surface area contributed by atoms with Gasteiger partial charge >= 0.3 is 0 Å². The zero-order valence-electron chi connectivity index (χ0n) is 15.5. The van der Waals surface area contributed by atoms with E-state index in [9.17, 15) is 0 Å². The average Bonchev–Trinajstić information content (AvgIpc) is 2.98. The molecule has 2 rings (SSSR count). The molecule has 1 N–H and O–H groups in total. The molecule has 1 aromatic heterocycles. The lowest BCUT2D eigenvalue weighted by Crippen LogP contribution is -2.39. The third-order valence-electron chi connectivity index (χ3n) is 3.54. The van der Waals surface area contributed by atoms with Crippen LogP contribution in [0.25, 0.3) is 0 Å². The van der Waals surface area contributed by atoms with Gasteiger partial charge in [-0.05, 0) is 26.0 Å². The second-order valence-electron chi connectivity index (χ2n) is 5.71. The van der Waals surface area contributed by atoms with Gasteiger partial charge in [-0.2, -0.15) is 5.10 Å². The van der Waals surface area contributed by atoms with Crippen LogP contribution in [-0.2, 0) is 13.6 Å². The zero-order chi connectivity index (χ0) is 18.2. The number of nitrogens with zero attached hydrogens (tertiary/aromatic N) is 5. The van der Waals surface area contributed by atoms with Crippen LogP contribution in [0.4, 0.5) is 0 Å². The van der Waals surface area contributed by atoms with Crippen LogP contribution in [0, 0.1) is 0 Å². The van der Waals surface area contributed by atoms with Gasteiger partial charge in [0.25, 0.3) is 0 Å². The number of guanidine groups is 1. The fraction of sp³-hybridized carbons (Fsp3) is 0.471. The van der Waals surface area contributed by atoms with Crippen molar-refractivity contribution < 1.29 is 4.74 Å². The highest BCUT2D eigenvalue weighted by Gasteiger charge is 2.12. The maximum absolute atomic E-state index is 6.13. The van der Waals surface area contributed by atoms with Crippen LogP contribution in [0.3, 0.4) is 0 Å². The summed E-state index contributed by atoms with van der Waals surface area (Å²) >= 11 is 6.13. The Labute approximate surface area is 176 Å². The largest absolute Gasteiger partial charge is 0.487 e. The zero-order valence-corrected chi connectivity index (χ0v) is 18.6. The molecule has 0 bridgehead atoms. The number of hydrogen-bond acceptors (Lipinski definition) is 4. The van der Waals surface area contributed by atoms with Crippen molar-refractivity contribution >= 4 is 41.5 Å². The van der Waals surface area contributed by atoms with Crippen molar-refractivity contribution in [1.29, 1.82) is 0 Å². The summed E-state index contributed by atoms with van der Waals surface area (Å²) in [4.78, 5) is 10.9. The van der Waals surface area contributed by atoms with Crippen LogP contribution < -0.4 is 10.1 Å². The van der Waals surface area contributed by atoms with Crippen molar-refractivity contribution in [2.75, 3.05) is 20.1 Å². The Balaban J connectivity index is 0.00000338. The van der Waals surface area contributed by atoms with Gasteiger partial charge in [0.15, 0.2) is 5.96 Å². The van der Waals surface area contributed by atoms with Crippen LogP contribution in [0.2, 0.25) is 5.02 Å². The molecule has 1 heterocycles. The maximum atomic E-state index is 6.13. The summed E-state index contributed by atoms with van der Waals surface area (Å²) in [5.74, 6) is 2.33. The van der Waals surface area contributed by atoms with Gasteiger partial charge in [0.05, 0.1) is 18.1 Å². The molecule has 2 aromatic rings. The standard InChI is InChI=1S/C17H25ClN6O.HI/c1-5-19-17(23(3)11-16-21-12-22-24(16)4)20-10-13(2)25-15-9-7-6-8-14(15)18;/h6-9,12-13H,5,10-11H2,1-4H3,(H,19,20);1H. The topological polar surface area (TPSA) is 67.6 Å². The van der Waals surface area contributed by atoms with Gasteiger partial charge in [-0.1, -0.05) is 23.7 Å². The predicted molar refractivity (Wildman–Crippen MR) is 115 cm³/mol. The average molecular weight is 493 g/mol. The molecule has 0 radical (unpaired) electrons. The molecule has 0 saturated carbocycles. The molecule has 7 nitrogen and oxygen atoms in total. The molecular weight excluding hydrogens is 467 g/mol. The van der Waals surface area contributed by atoms with E-state index in [1.165, 1.54) is 0 Å². The van der Waals surface area contributed by atoms with E-state index < -0.39 is 0 Å². The summed E-state index contributed by atoms with van der Waals surface area (Å²) < 4.78 is 7.62. The van der Waals surface area contributed by atoms with Crippen molar-refractivity contribution in [3.8, 4) is 5.75 Å². The molecule has 0 aliphatic rings. The van der Waals surface area contributed by atoms with Crippen molar-refractivity contribution in [2.45, 2.75) is 26.5 Å². The van der Waals surface area contributed by atoms with Gasteiger partial charge < -0.3 is 15.0 Å². The molecule has 0 aliphatic carbocycles. The van der Waals surface area contributed by atoms with Crippen LogP contribution in [0.15, 0.2) is 35.6 Å². The second-order valence-corrected chi connectivity index (χ2v) is 6.12. The minimum absolute atomic E-state index is 0. The molecule has 9 heteroatoms. The SMILES string of the molecule is CCNC(=NCC(C)Oc1ccccc1Cl)N(C)Cc1ncnn1C.I. The molecule has 0 aliphatic heterocycles. The number of para-hydroxylation sites is 1. The van der Waals surface area contributed by atoms with Crippen LogP contribution in [-0.4, -0.2) is 51.9 Å². The molecular formula is C17H26ClIN6O. The van der Waals surface area contributed by atoms with Crippen molar-refractivity contribution in [2.24, 2.45) is 12.0 Å². The molecule has 0 saturated heterocycles. The minimum Gasteiger partial charge on any atom is -0.487 e. The number of hydrogen-bond donors (Lipinski definition) is 1. The highest BCUT2D eigenvalue weighted by Crippen LogP contribution is 2.24. The monoisotopic (exact) mass is 492 g/mol. The van der Waals surface area contributed by atoms with Gasteiger partial charge in [-0.15, -0.1) is 24.0 Å². The first-order valence-corrected chi connectivity index (χ1v) is 8.62. The van der Waals surface area contributed by atoms with Gasteiger partial charge in [0.2, 0.25) is 0 Å². The van der Waals surface area contributed by atoms with Gasteiger partial charge in [0, 0.05) is 20.6 Å². The van der Waals surface area contributed by atoms with Crippen molar-refractivity contribution in [3.63, 3.8) is 0 Å². The lowest BCUT2D eigenvalue weighted by molar-refractivity contribution is 0.230. The lowest BCUT2D eigenvalue weighted by Gasteiger charge is -2.22. The number of aryl methyl sites for hydroxylation is 1. The summed E-state index contributed by atoms with van der Waals surface area (Å²) in [6.07, 6.45) is 1.45. The summed E-state index contributed by atoms with van der Waals surface area (Å²) in [6.45, 7) is 5.91. The molecule has 1 aromatic carbocycles. The Morgan fingerprint density at radius 3 is 2.77 bits per heavy atom. The van der Waals surface area contributed by atoms with Crippen molar-refractivity contribution in [3.05, 3.63) is 41.4 Å². The number of nitrogens with one attached hydrogen (secondary N) is 1. The van der Waals surface area contributed by atoms with E-state index in [2.05, 4.69) is 20.4 Å². The Morgan fingerprint density at radius 1 is 1.42 bits per heavy atom. The Bertz CT molecular complexity index is 708. The molecule has 144 valence electrons. The molecule has 0 amide bonds. The van der Waals surface area contributed by atoms with E-state index in [1.807, 2.05) is 57.1 Å². The van der Waals surface area contributed by atoms with E-state index >= 15 is 0 Å². The van der Waals surface area contributed by atoms with Gasteiger partial charge in [-0.25, -0.2) is 9.98 Å². The fourth-order valence-corrected chi connectivity index (χ4v) is 2.41. The van der Waals surface area contributed by atoms with Crippen LogP contribution >= 0.6 is 35.6 Å². The summed E-state index contributed by atoms with van der Waals surface area (Å²) in [6, 6.07) is 7.44. The first-order valence-electron chi connectivity index (χ1n) is 8.24. The third kappa shape index (κ3) is 6.64. The number of halogens is 2. The Morgan fingerprint density at radius 2 is 2.15 bits per heavy atom. The van der Waals surface area contributed by atoms with E-state index in [0.29, 0.717) is 23.9 Å². The van der Waals surface area contributed by atoms with Gasteiger partial charge in [0.1, 0.15) is 24.0 Å². The molecule has 0 spiro atoms. The summed E-state index contributed by atoms with van der Waals surface area (Å²) in [5, 5.41) is 7.97. The normalized spacial score (nSPS) is 12.3. The smallest absolute Gasteiger partial charge is 0.194 e. The number of rotatable bonds is 7. The van der Waals surface area contributed by atoms with Crippen LogP contribution in [0.1, 0.15) is 19.7 Å². The Kier molecular flexibility index (Phi) is 9.71. The van der Waals surface area contributed by atoms with Gasteiger partial charge in [-0.3, -0.25) is 4.68 Å². The summed E-state index contributed by atoms with van der Waals surface area (Å²) in [5.41, 5.74) is 0. The summed E-state index contributed by atoms with van der Waals surface area (Å²) in [7, 11) is 3.84. The van der Waals surface area contributed by atoms with E-state index in [1.54, 1.807) is 11.0 Å². The molecule has 0 fully saturated rings. The number of aromatic nitrogens is 3. The van der Waals surface area contributed by atoms with Crippen LogP contribution in [0.5, 0.6) is 5.75 Å². The highest BCUT2D eigenvalue weighted by molar-refractivity contribution is 14.0. The van der Waals surface area contributed by atoms with E-state index in [-0.39, 0.29) is 30.1 Å². The number of aliphatic imine (C=N–C) groups is 1. The highest BCUT2D eigenvalue weighted by atomic mass is 127. The molecule has 26 heavy (non-hydrogen) atoms. The fourth-order valence-electron chi connectivity index (χ4n) is 2.23.